The number of rotatable bonds is 10. The third-order valence-electron chi connectivity index (χ3n) is 7.67. The van der Waals surface area contributed by atoms with E-state index >= 15 is 0 Å². The molecular weight excluding hydrogens is 623 g/mol. The smallest absolute Gasteiger partial charge is 0.417 e. The third kappa shape index (κ3) is 7.39. The fourth-order valence-corrected chi connectivity index (χ4v) is 7.81. The number of sulfonamides is 1. The molecule has 1 aliphatic carbocycles. The quantitative estimate of drug-likeness (QED) is 0.182. The zero-order valence-corrected chi connectivity index (χ0v) is 26.4. The Labute approximate surface area is 259 Å². The number of hydrogen-bond donors (Lipinski definition) is 2. The van der Waals surface area contributed by atoms with Gasteiger partial charge in [-0.25, -0.2) is 8.42 Å². The molecule has 12 heteroatoms. The summed E-state index contributed by atoms with van der Waals surface area (Å²) in [6.07, 6.45) is -6.65. The Balaban J connectivity index is 1.58. The van der Waals surface area contributed by atoms with Gasteiger partial charge in [-0.1, -0.05) is 73.5 Å². The number of hydrogen-bond acceptors (Lipinski definition) is 6. The minimum Gasteiger partial charge on any atom is -0.460 e. The molecule has 0 radical (unpaired) electrons. The monoisotopic (exact) mass is 655 g/mol. The summed E-state index contributed by atoms with van der Waals surface area (Å²) < 4.78 is 77.8. The summed E-state index contributed by atoms with van der Waals surface area (Å²) in [5, 5.41) is 11.5. The summed E-state index contributed by atoms with van der Waals surface area (Å²) in [6.45, 7) is 4.93. The van der Waals surface area contributed by atoms with Gasteiger partial charge in [0.2, 0.25) is 10.0 Å². The predicted octanol–water partition coefficient (Wildman–Crippen LogP) is 6.91. The first kappa shape index (κ1) is 33.3. The number of halogens is 4. The number of carbonyl (C=O) groups excluding carboxylic acids is 1. The molecule has 0 spiro atoms. The van der Waals surface area contributed by atoms with Crippen LogP contribution in [0.2, 0.25) is 5.02 Å². The highest BCUT2D eigenvalue weighted by Gasteiger charge is 2.57. The van der Waals surface area contributed by atoms with E-state index < -0.39 is 58.2 Å². The fraction of sp³-hybridized carbons (Fsp3) is 0.387. The number of nitrogens with one attached hydrogen (secondary N) is 1. The molecule has 0 aromatic heterocycles. The van der Waals surface area contributed by atoms with Crippen molar-refractivity contribution in [3.05, 3.63) is 94.0 Å². The Morgan fingerprint density at radius 3 is 2.37 bits per heavy atom. The van der Waals surface area contributed by atoms with Crippen molar-refractivity contribution in [1.29, 1.82) is 0 Å². The van der Waals surface area contributed by atoms with E-state index in [1.54, 1.807) is 74.7 Å². The van der Waals surface area contributed by atoms with Crippen molar-refractivity contribution < 1.29 is 36.2 Å². The highest BCUT2D eigenvalue weighted by molar-refractivity contribution is 7.98. The first-order valence-electron chi connectivity index (χ1n) is 13.5. The average Bonchev–Trinajstić information content (AvgIpc) is 3.23. The van der Waals surface area contributed by atoms with Crippen molar-refractivity contribution in [2.75, 3.05) is 6.26 Å². The van der Waals surface area contributed by atoms with E-state index in [0.29, 0.717) is 26.6 Å². The highest BCUT2D eigenvalue weighted by atomic mass is 35.5. The third-order valence-corrected chi connectivity index (χ3v) is 10.1. The van der Waals surface area contributed by atoms with Crippen LogP contribution in [0, 0.1) is 6.92 Å². The Bertz CT molecular complexity index is 1600. The molecule has 3 aromatic rings. The zero-order chi connectivity index (χ0) is 31.8. The Morgan fingerprint density at radius 2 is 1.74 bits per heavy atom. The fourth-order valence-electron chi connectivity index (χ4n) is 5.52. The first-order valence-corrected chi connectivity index (χ1v) is 16.5. The molecule has 6 nitrogen and oxygen atoms in total. The maximum atomic E-state index is 14.4. The molecule has 0 aliphatic heterocycles. The summed E-state index contributed by atoms with van der Waals surface area (Å²) in [7, 11) is -4.08. The summed E-state index contributed by atoms with van der Waals surface area (Å²) in [6, 6.07) is 16.8. The van der Waals surface area contributed by atoms with Crippen LogP contribution in [0.3, 0.4) is 0 Å². The van der Waals surface area contributed by atoms with E-state index in [9.17, 15) is 31.5 Å². The molecule has 43 heavy (non-hydrogen) atoms. The Hall–Kier alpha value is -2.57. The van der Waals surface area contributed by atoms with Crippen LogP contribution >= 0.6 is 23.4 Å². The van der Waals surface area contributed by atoms with Crippen LogP contribution in [0.4, 0.5) is 13.2 Å². The van der Waals surface area contributed by atoms with Crippen molar-refractivity contribution in [1.82, 2.24) is 4.72 Å². The van der Waals surface area contributed by atoms with Gasteiger partial charge in [-0.3, -0.25) is 4.79 Å². The molecule has 0 heterocycles. The molecule has 0 fully saturated rings. The number of fused-ring (bicyclic) bond motifs is 1. The minimum atomic E-state index is -5.17. The second-order valence-electron chi connectivity index (χ2n) is 11.5. The number of alkyl halides is 3. The van der Waals surface area contributed by atoms with E-state index in [0.717, 1.165) is 5.56 Å². The molecule has 0 saturated carbocycles. The van der Waals surface area contributed by atoms with Crippen molar-refractivity contribution in [3.63, 3.8) is 0 Å². The minimum absolute atomic E-state index is 0.00644. The van der Waals surface area contributed by atoms with Gasteiger partial charge in [0, 0.05) is 16.3 Å². The molecule has 1 aliphatic rings. The van der Waals surface area contributed by atoms with Gasteiger partial charge in [0.1, 0.15) is 6.10 Å². The Kier molecular flexibility index (Phi) is 9.64. The van der Waals surface area contributed by atoms with Crippen molar-refractivity contribution in [2.24, 2.45) is 0 Å². The van der Waals surface area contributed by atoms with Gasteiger partial charge < -0.3 is 9.84 Å². The van der Waals surface area contributed by atoms with Gasteiger partial charge in [-0.2, -0.15) is 17.9 Å². The van der Waals surface area contributed by atoms with Crippen LogP contribution in [-0.2, 0) is 31.4 Å². The Morgan fingerprint density at radius 1 is 1.09 bits per heavy atom. The standard InChI is InChI=1S/C31H33ClF3NO5S2/c1-19-9-12-22(13-10-19)43(39,40)36-28-23-8-6-5-7-20(23)15-25(28)41-27(37)17-30(38,31(33,34)35)18-29(2,3)24-14-11-21(32)16-26(24)42-4/h5-14,16,25,28,36,38H,15,17-18H2,1-4H3/t25-,28+,30+/m1/s1. The van der Waals surface area contributed by atoms with E-state index in [-0.39, 0.29) is 11.3 Å². The molecule has 0 amide bonds. The van der Waals surface area contributed by atoms with Crippen LogP contribution in [-0.4, -0.2) is 43.6 Å². The topological polar surface area (TPSA) is 92.7 Å². The zero-order valence-electron chi connectivity index (χ0n) is 24.0. The van der Waals surface area contributed by atoms with Gasteiger partial charge in [0.15, 0.2) is 5.60 Å². The molecule has 3 aromatic carbocycles. The second-order valence-corrected chi connectivity index (χ2v) is 14.5. The number of esters is 1. The van der Waals surface area contributed by atoms with Crippen molar-refractivity contribution in [3.8, 4) is 0 Å². The van der Waals surface area contributed by atoms with Crippen LogP contribution in [0.25, 0.3) is 0 Å². The van der Waals surface area contributed by atoms with Gasteiger partial charge in [-0.15, -0.1) is 11.8 Å². The highest BCUT2D eigenvalue weighted by Crippen LogP contribution is 2.46. The number of aryl methyl sites for hydroxylation is 1. The molecule has 0 unspecified atom stereocenters. The van der Waals surface area contributed by atoms with E-state index in [4.69, 9.17) is 16.3 Å². The van der Waals surface area contributed by atoms with Crippen molar-refractivity contribution in [2.45, 2.75) is 79.2 Å². The van der Waals surface area contributed by atoms with Crippen molar-refractivity contribution >= 4 is 39.4 Å². The normalized spacial score (nSPS) is 18.6. The summed E-state index contributed by atoms with van der Waals surface area (Å²) in [5.41, 5.74) is -2.00. The number of carbonyl (C=O) groups is 1. The molecule has 4 rings (SSSR count). The first-order chi connectivity index (χ1) is 20.0. The number of ether oxygens (including phenoxy) is 1. The van der Waals surface area contributed by atoms with Gasteiger partial charge in [0.05, 0.1) is 17.4 Å². The lowest BCUT2D eigenvalue weighted by molar-refractivity contribution is -0.270. The second kappa shape index (κ2) is 12.4. The summed E-state index contributed by atoms with van der Waals surface area (Å²) in [5.74, 6) is -1.30. The van der Waals surface area contributed by atoms with Crippen LogP contribution in [0.1, 0.15) is 55.0 Å². The SMILES string of the molecule is CSc1cc(Cl)ccc1C(C)(C)C[C@@](O)(CC(=O)O[C@@H]1Cc2ccccc2[C@@H]1NS(=O)(=O)c1ccc(C)cc1)C(F)(F)F. The molecule has 3 atom stereocenters. The number of aliphatic hydroxyl groups is 1. The maximum absolute atomic E-state index is 14.4. The van der Waals surface area contributed by atoms with Crippen LogP contribution < -0.4 is 4.72 Å². The lowest BCUT2D eigenvalue weighted by Crippen LogP contribution is -2.51. The molecular formula is C31H33ClF3NO5S2. The van der Waals surface area contributed by atoms with Gasteiger partial charge in [-0.05, 0) is 66.0 Å². The summed E-state index contributed by atoms with van der Waals surface area (Å²) in [4.78, 5) is 13.8. The van der Waals surface area contributed by atoms with Crippen LogP contribution in [0.5, 0.6) is 0 Å². The average molecular weight is 656 g/mol. The number of thioether (sulfide) groups is 1. The summed E-state index contributed by atoms with van der Waals surface area (Å²) >= 11 is 7.39. The van der Waals surface area contributed by atoms with E-state index in [1.165, 1.54) is 23.9 Å². The predicted molar refractivity (Wildman–Crippen MR) is 161 cm³/mol. The molecule has 0 bridgehead atoms. The largest absolute Gasteiger partial charge is 0.460 e. The van der Waals surface area contributed by atoms with E-state index in [1.807, 2.05) is 6.92 Å². The maximum Gasteiger partial charge on any atom is 0.417 e. The molecule has 0 saturated heterocycles. The van der Waals surface area contributed by atoms with Gasteiger partial charge >= 0.3 is 12.1 Å². The van der Waals surface area contributed by atoms with E-state index in [2.05, 4.69) is 4.72 Å². The van der Waals surface area contributed by atoms with Crippen LogP contribution in [0.15, 0.2) is 76.5 Å². The lowest BCUT2D eigenvalue weighted by Gasteiger charge is -2.38. The van der Waals surface area contributed by atoms with Gasteiger partial charge in [0.25, 0.3) is 0 Å². The lowest BCUT2D eigenvalue weighted by atomic mass is 9.74. The number of benzene rings is 3. The molecule has 232 valence electrons. The molecule has 2 N–H and O–H groups in total.